The second kappa shape index (κ2) is 8.24. The Morgan fingerprint density at radius 2 is 1.83 bits per heavy atom. The van der Waals surface area contributed by atoms with Crippen LogP contribution in [0, 0.1) is 11.3 Å². The maximum atomic E-state index is 13.1. The Morgan fingerprint density at radius 1 is 1.21 bits per heavy atom. The van der Waals surface area contributed by atoms with Crippen molar-refractivity contribution in [2.75, 3.05) is 20.1 Å². The summed E-state index contributed by atoms with van der Waals surface area (Å²) < 4.78 is 0. The molecule has 1 saturated carbocycles. The molecule has 2 aliphatic rings. The van der Waals surface area contributed by atoms with Gasteiger partial charge in [0.1, 0.15) is 12.1 Å². The second-order valence-electron chi connectivity index (χ2n) is 7.91. The SMILES string of the molecule is CCN(C(=O)CN1C(=O)N(C)C2(CCCCC2)C1=O)C(C)c1ccc(C#N)cc1. The third-order valence-corrected chi connectivity index (χ3v) is 6.43. The molecule has 4 amide bonds. The number of nitriles is 1. The van der Waals surface area contributed by atoms with Crippen molar-refractivity contribution in [3.05, 3.63) is 35.4 Å². The first-order chi connectivity index (χ1) is 13.9. The molecule has 0 aromatic heterocycles. The van der Waals surface area contributed by atoms with Crippen LogP contribution in [0.3, 0.4) is 0 Å². The maximum Gasteiger partial charge on any atom is 0.327 e. The van der Waals surface area contributed by atoms with Crippen LogP contribution < -0.4 is 0 Å². The van der Waals surface area contributed by atoms with Gasteiger partial charge in [-0.15, -0.1) is 0 Å². The van der Waals surface area contributed by atoms with Gasteiger partial charge in [0.15, 0.2) is 0 Å². The molecule has 29 heavy (non-hydrogen) atoms. The van der Waals surface area contributed by atoms with Gasteiger partial charge in [-0.25, -0.2) is 4.79 Å². The Balaban J connectivity index is 1.75. The quantitative estimate of drug-likeness (QED) is 0.716. The van der Waals surface area contributed by atoms with Gasteiger partial charge in [0.05, 0.1) is 17.7 Å². The highest BCUT2D eigenvalue weighted by atomic mass is 16.2. The first-order valence-corrected chi connectivity index (χ1v) is 10.2. The molecular formula is C22H28N4O3. The van der Waals surface area contributed by atoms with E-state index in [1.165, 1.54) is 0 Å². The van der Waals surface area contributed by atoms with Crippen molar-refractivity contribution >= 4 is 17.8 Å². The van der Waals surface area contributed by atoms with Crippen LogP contribution in [0.2, 0.25) is 0 Å². The predicted molar refractivity (Wildman–Crippen MR) is 108 cm³/mol. The standard InChI is InChI=1S/C22H28N4O3/c1-4-25(16(2)18-10-8-17(14-23)9-11-18)19(27)15-26-20(28)22(24(3)21(26)29)12-6-5-7-13-22/h8-11,16H,4-7,12-13,15H2,1-3H3. The summed E-state index contributed by atoms with van der Waals surface area (Å²) in [4.78, 5) is 43.3. The van der Waals surface area contributed by atoms with E-state index >= 15 is 0 Å². The summed E-state index contributed by atoms with van der Waals surface area (Å²) in [6, 6.07) is 8.58. The van der Waals surface area contributed by atoms with Gasteiger partial charge < -0.3 is 9.80 Å². The molecule has 0 bridgehead atoms. The van der Waals surface area contributed by atoms with E-state index in [1.807, 2.05) is 26.0 Å². The van der Waals surface area contributed by atoms with Gasteiger partial charge in [0, 0.05) is 13.6 Å². The van der Waals surface area contributed by atoms with Gasteiger partial charge in [0.2, 0.25) is 5.91 Å². The lowest BCUT2D eigenvalue weighted by molar-refractivity contribution is -0.141. The van der Waals surface area contributed by atoms with Gasteiger partial charge >= 0.3 is 6.03 Å². The van der Waals surface area contributed by atoms with Crippen molar-refractivity contribution in [1.29, 1.82) is 5.26 Å². The molecule has 1 heterocycles. The minimum atomic E-state index is -0.772. The largest absolute Gasteiger partial charge is 0.335 e. The monoisotopic (exact) mass is 396 g/mol. The van der Waals surface area contributed by atoms with Gasteiger partial charge in [0.25, 0.3) is 5.91 Å². The normalized spacial score (nSPS) is 19.4. The Morgan fingerprint density at radius 3 is 2.38 bits per heavy atom. The first-order valence-electron chi connectivity index (χ1n) is 10.2. The number of imide groups is 1. The van der Waals surface area contributed by atoms with Crippen molar-refractivity contribution in [3.63, 3.8) is 0 Å². The van der Waals surface area contributed by atoms with Crippen LogP contribution in [0.15, 0.2) is 24.3 Å². The van der Waals surface area contributed by atoms with Gasteiger partial charge in [-0.2, -0.15) is 5.26 Å². The summed E-state index contributed by atoms with van der Waals surface area (Å²) in [5, 5.41) is 8.96. The van der Waals surface area contributed by atoms with Crippen LogP contribution in [-0.2, 0) is 9.59 Å². The number of benzene rings is 1. The second-order valence-corrected chi connectivity index (χ2v) is 7.91. The van der Waals surface area contributed by atoms with Crippen LogP contribution in [-0.4, -0.2) is 58.2 Å². The number of nitrogens with zero attached hydrogens (tertiary/aromatic N) is 4. The summed E-state index contributed by atoms with van der Waals surface area (Å²) in [6.07, 6.45) is 4.24. The highest BCUT2D eigenvalue weighted by Gasteiger charge is 2.56. The summed E-state index contributed by atoms with van der Waals surface area (Å²) in [7, 11) is 1.67. The number of carbonyl (C=O) groups is 3. The smallest absolute Gasteiger partial charge is 0.327 e. The van der Waals surface area contributed by atoms with Crippen molar-refractivity contribution in [2.24, 2.45) is 0 Å². The number of carbonyl (C=O) groups excluding carboxylic acids is 3. The molecule has 7 heteroatoms. The zero-order valence-corrected chi connectivity index (χ0v) is 17.4. The van der Waals surface area contributed by atoms with Gasteiger partial charge in [-0.05, 0) is 44.4 Å². The van der Waals surface area contributed by atoms with Crippen LogP contribution >= 0.6 is 0 Å². The molecule has 3 rings (SSSR count). The van der Waals surface area contributed by atoms with E-state index in [2.05, 4.69) is 6.07 Å². The number of hydrogen-bond acceptors (Lipinski definition) is 4. The molecule has 0 radical (unpaired) electrons. The van der Waals surface area contributed by atoms with E-state index in [0.717, 1.165) is 29.7 Å². The average Bonchev–Trinajstić information content (AvgIpc) is 2.91. The number of urea groups is 1. The molecule has 154 valence electrons. The molecule has 1 unspecified atom stereocenters. The van der Waals surface area contributed by atoms with Crippen LogP contribution in [0.4, 0.5) is 4.79 Å². The Kier molecular flexibility index (Phi) is 5.92. The fourth-order valence-corrected chi connectivity index (χ4v) is 4.58. The number of likely N-dealkylation sites (N-methyl/N-ethyl adjacent to an activating group) is 2. The molecule has 1 aliphatic carbocycles. The molecule has 1 saturated heterocycles. The number of hydrogen-bond donors (Lipinski definition) is 0. The van der Waals surface area contributed by atoms with E-state index < -0.39 is 5.54 Å². The minimum absolute atomic E-state index is 0.227. The van der Waals surface area contributed by atoms with Crippen LogP contribution in [0.25, 0.3) is 0 Å². The van der Waals surface area contributed by atoms with E-state index in [4.69, 9.17) is 5.26 Å². The molecule has 0 N–H and O–H groups in total. The number of amides is 4. The fraction of sp³-hybridized carbons (Fsp3) is 0.545. The zero-order valence-electron chi connectivity index (χ0n) is 17.4. The van der Waals surface area contributed by atoms with E-state index in [0.29, 0.717) is 24.9 Å². The molecule has 1 aromatic carbocycles. The summed E-state index contributed by atoms with van der Waals surface area (Å²) in [6.45, 7) is 4.00. The lowest BCUT2D eigenvalue weighted by atomic mass is 9.81. The Hall–Kier alpha value is -2.88. The Bertz CT molecular complexity index is 837. The highest BCUT2D eigenvalue weighted by molar-refractivity contribution is 6.09. The van der Waals surface area contributed by atoms with Crippen molar-refractivity contribution < 1.29 is 14.4 Å². The molecular weight excluding hydrogens is 368 g/mol. The third-order valence-electron chi connectivity index (χ3n) is 6.43. The molecule has 1 aromatic rings. The number of rotatable bonds is 5. The first kappa shape index (κ1) is 20.8. The maximum absolute atomic E-state index is 13.1. The van der Waals surface area contributed by atoms with Gasteiger partial charge in [-0.1, -0.05) is 31.4 Å². The zero-order chi connectivity index (χ0) is 21.2. The minimum Gasteiger partial charge on any atom is -0.335 e. The van der Waals surface area contributed by atoms with E-state index in [9.17, 15) is 14.4 Å². The van der Waals surface area contributed by atoms with Gasteiger partial charge in [-0.3, -0.25) is 14.5 Å². The van der Waals surface area contributed by atoms with Crippen molar-refractivity contribution in [3.8, 4) is 6.07 Å². The lowest BCUT2D eigenvalue weighted by Crippen LogP contribution is -2.49. The average molecular weight is 396 g/mol. The van der Waals surface area contributed by atoms with Crippen LogP contribution in [0.5, 0.6) is 0 Å². The summed E-state index contributed by atoms with van der Waals surface area (Å²) >= 11 is 0. The lowest BCUT2D eigenvalue weighted by Gasteiger charge is -2.36. The van der Waals surface area contributed by atoms with E-state index in [-0.39, 0.29) is 30.4 Å². The molecule has 2 fully saturated rings. The van der Waals surface area contributed by atoms with Crippen molar-refractivity contribution in [1.82, 2.24) is 14.7 Å². The third kappa shape index (κ3) is 3.59. The highest BCUT2D eigenvalue weighted by Crippen LogP contribution is 2.39. The van der Waals surface area contributed by atoms with Crippen molar-refractivity contribution in [2.45, 2.75) is 57.5 Å². The summed E-state index contributed by atoms with van der Waals surface area (Å²) in [5.74, 6) is -0.493. The summed E-state index contributed by atoms with van der Waals surface area (Å²) in [5.41, 5.74) is 0.689. The fourth-order valence-electron chi connectivity index (χ4n) is 4.58. The Labute approximate surface area is 171 Å². The molecule has 7 nitrogen and oxygen atoms in total. The predicted octanol–water partition coefficient (Wildman–Crippen LogP) is 3.06. The van der Waals surface area contributed by atoms with Crippen LogP contribution in [0.1, 0.15) is 63.1 Å². The topological polar surface area (TPSA) is 84.7 Å². The molecule has 1 spiro atoms. The van der Waals surface area contributed by atoms with E-state index in [1.54, 1.807) is 29.0 Å². The molecule has 1 atom stereocenters. The molecule has 1 aliphatic heterocycles.